The van der Waals surface area contributed by atoms with Crippen molar-refractivity contribution in [2.24, 2.45) is 11.8 Å². The Bertz CT molecular complexity index is 611. The molecule has 1 aromatic carbocycles. The Balaban J connectivity index is 1.49. The Morgan fingerprint density at radius 1 is 1.52 bits per heavy atom. The van der Waals surface area contributed by atoms with Crippen LogP contribution in [-0.2, 0) is 0 Å². The van der Waals surface area contributed by atoms with Crippen molar-refractivity contribution in [2.45, 2.75) is 23.8 Å². The molecule has 0 aromatic heterocycles. The fraction of sp³-hybridized carbons (Fsp3) is 0.500. The van der Waals surface area contributed by atoms with E-state index in [0.29, 0.717) is 23.0 Å². The van der Waals surface area contributed by atoms with E-state index in [4.69, 9.17) is 18.6 Å². The Labute approximate surface area is 148 Å². The lowest BCUT2D eigenvalue weighted by Crippen LogP contribution is -2.56. The molecule has 3 saturated heterocycles. The van der Waals surface area contributed by atoms with E-state index in [2.05, 4.69) is 39.8 Å². The van der Waals surface area contributed by atoms with Crippen molar-refractivity contribution >= 4 is 34.8 Å². The molecule has 1 aromatic rings. The number of hydrogen-bond acceptors (Lipinski definition) is 3. The number of nitrogens with one attached hydrogen (secondary N) is 2. The van der Waals surface area contributed by atoms with E-state index in [1.807, 2.05) is 12.1 Å². The van der Waals surface area contributed by atoms with Crippen LogP contribution in [0.15, 0.2) is 29.2 Å². The van der Waals surface area contributed by atoms with E-state index in [1.165, 1.54) is 24.3 Å². The second kappa shape index (κ2) is 7.57. The highest BCUT2D eigenvalue weighted by Gasteiger charge is 2.39. The topological polar surface area (TPSA) is 27.3 Å². The van der Waals surface area contributed by atoms with Crippen LogP contribution in [0.1, 0.15) is 12.8 Å². The lowest BCUT2D eigenvalue weighted by atomic mass is 9.76. The SMILES string of the molecule is C#CC1CN2CCC1CC2CNC(=S)Nc1cccc(SC)c1. The summed E-state index contributed by atoms with van der Waals surface area (Å²) in [6.45, 7) is 3.11. The molecule has 4 atom stereocenters. The molecule has 0 spiro atoms. The molecule has 3 aliphatic heterocycles. The Morgan fingerprint density at radius 2 is 2.39 bits per heavy atom. The Morgan fingerprint density at radius 3 is 3.09 bits per heavy atom. The number of thiocarbonyl (C=S) groups is 1. The molecule has 2 N–H and O–H groups in total. The second-order valence-electron chi connectivity index (χ2n) is 6.27. The molecule has 23 heavy (non-hydrogen) atoms. The number of fused-ring (bicyclic) bond motifs is 3. The van der Waals surface area contributed by atoms with Gasteiger partial charge in [-0.3, -0.25) is 4.90 Å². The number of piperidine rings is 3. The number of benzene rings is 1. The van der Waals surface area contributed by atoms with Gasteiger partial charge in [0.15, 0.2) is 5.11 Å². The van der Waals surface area contributed by atoms with Crippen molar-refractivity contribution in [1.82, 2.24) is 10.2 Å². The molecule has 3 aliphatic rings. The first-order valence-corrected chi connectivity index (χ1v) is 9.72. The normalized spacial score (nSPS) is 28.9. The van der Waals surface area contributed by atoms with Crippen molar-refractivity contribution in [1.29, 1.82) is 0 Å². The second-order valence-corrected chi connectivity index (χ2v) is 7.56. The first kappa shape index (κ1) is 16.6. The van der Waals surface area contributed by atoms with Gasteiger partial charge in [-0.2, -0.15) is 0 Å². The van der Waals surface area contributed by atoms with Crippen LogP contribution in [0.3, 0.4) is 0 Å². The summed E-state index contributed by atoms with van der Waals surface area (Å²) in [5.41, 5.74) is 1.03. The number of rotatable bonds is 4. The van der Waals surface area contributed by atoms with Crippen LogP contribution in [0, 0.1) is 24.2 Å². The van der Waals surface area contributed by atoms with Gasteiger partial charge < -0.3 is 10.6 Å². The minimum absolute atomic E-state index is 0.444. The predicted molar refractivity (Wildman–Crippen MR) is 103 cm³/mol. The van der Waals surface area contributed by atoms with E-state index in [0.717, 1.165) is 18.8 Å². The van der Waals surface area contributed by atoms with Crippen LogP contribution in [-0.4, -0.2) is 41.9 Å². The summed E-state index contributed by atoms with van der Waals surface area (Å²) in [6, 6.07) is 8.85. The molecule has 5 heteroatoms. The smallest absolute Gasteiger partial charge is 0.170 e. The van der Waals surface area contributed by atoms with E-state index < -0.39 is 0 Å². The number of anilines is 1. The third kappa shape index (κ3) is 4.00. The van der Waals surface area contributed by atoms with Gasteiger partial charge in [0, 0.05) is 35.6 Å². The third-order valence-corrected chi connectivity index (χ3v) is 5.89. The largest absolute Gasteiger partial charge is 0.361 e. The molecule has 122 valence electrons. The predicted octanol–water partition coefficient (Wildman–Crippen LogP) is 3.04. The third-order valence-electron chi connectivity index (χ3n) is 4.92. The lowest BCUT2D eigenvalue weighted by Gasteiger charge is -2.48. The van der Waals surface area contributed by atoms with Crippen LogP contribution >= 0.6 is 24.0 Å². The van der Waals surface area contributed by atoms with E-state index in [-0.39, 0.29) is 0 Å². The van der Waals surface area contributed by atoms with E-state index in [9.17, 15) is 0 Å². The summed E-state index contributed by atoms with van der Waals surface area (Å²) in [4.78, 5) is 3.75. The summed E-state index contributed by atoms with van der Waals surface area (Å²) >= 11 is 7.17. The van der Waals surface area contributed by atoms with Gasteiger partial charge in [-0.25, -0.2) is 0 Å². The van der Waals surface area contributed by atoms with Gasteiger partial charge in [0.05, 0.1) is 0 Å². The molecule has 4 unspecified atom stereocenters. The molecular formula is C18H23N3S2. The standard InChI is InChI=1S/C18H23N3S2/c1-3-13-12-21-8-7-14(13)9-16(21)11-19-18(22)20-15-5-4-6-17(10-15)23-2/h1,4-6,10,13-14,16H,7-9,11-12H2,2H3,(H2,19,20,22). The zero-order valence-corrected chi connectivity index (χ0v) is 15.1. The molecule has 0 saturated carbocycles. The lowest BCUT2D eigenvalue weighted by molar-refractivity contribution is 0.0248. The first-order valence-electron chi connectivity index (χ1n) is 8.08. The molecule has 3 nitrogen and oxygen atoms in total. The quantitative estimate of drug-likeness (QED) is 0.497. The van der Waals surface area contributed by atoms with Crippen molar-refractivity contribution in [3.8, 4) is 12.3 Å². The van der Waals surface area contributed by atoms with Crippen molar-refractivity contribution in [2.75, 3.05) is 31.2 Å². The van der Waals surface area contributed by atoms with Crippen molar-refractivity contribution in [3.05, 3.63) is 24.3 Å². The molecule has 2 bridgehead atoms. The summed E-state index contributed by atoms with van der Waals surface area (Å²) in [6.07, 6.45) is 10.1. The summed E-state index contributed by atoms with van der Waals surface area (Å²) in [5, 5.41) is 7.35. The maximum absolute atomic E-state index is 5.64. The van der Waals surface area contributed by atoms with Gasteiger partial charge in [0.25, 0.3) is 0 Å². The van der Waals surface area contributed by atoms with Crippen LogP contribution in [0.2, 0.25) is 0 Å². The van der Waals surface area contributed by atoms with Crippen LogP contribution in [0.4, 0.5) is 5.69 Å². The summed E-state index contributed by atoms with van der Waals surface area (Å²) in [7, 11) is 0. The number of terminal acetylenes is 1. The highest BCUT2D eigenvalue weighted by Crippen LogP contribution is 2.35. The van der Waals surface area contributed by atoms with Crippen LogP contribution in [0.5, 0.6) is 0 Å². The monoisotopic (exact) mass is 345 g/mol. The molecular weight excluding hydrogens is 322 g/mol. The van der Waals surface area contributed by atoms with Crippen LogP contribution in [0.25, 0.3) is 0 Å². The van der Waals surface area contributed by atoms with Gasteiger partial charge >= 0.3 is 0 Å². The zero-order chi connectivity index (χ0) is 16.2. The summed E-state index contributed by atoms with van der Waals surface area (Å²) in [5.74, 6) is 4.10. The number of nitrogens with zero attached hydrogens (tertiary/aromatic N) is 1. The van der Waals surface area contributed by atoms with Crippen LogP contribution < -0.4 is 10.6 Å². The van der Waals surface area contributed by atoms with Gasteiger partial charge in [-0.15, -0.1) is 24.1 Å². The zero-order valence-electron chi connectivity index (χ0n) is 13.4. The van der Waals surface area contributed by atoms with Gasteiger partial charge in [0.2, 0.25) is 0 Å². The average Bonchev–Trinajstić information content (AvgIpc) is 2.60. The van der Waals surface area contributed by atoms with Gasteiger partial charge in [0.1, 0.15) is 0 Å². The number of thioether (sulfide) groups is 1. The molecule has 3 fully saturated rings. The minimum atomic E-state index is 0.444. The summed E-state index contributed by atoms with van der Waals surface area (Å²) < 4.78 is 0. The maximum Gasteiger partial charge on any atom is 0.170 e. The maximum atomic E-state index is 5.64. The fourth-order valence-corrected chi connectivity index (χ4v) is 4.29. The minimum Gasteiger partial charge on any atom is -0.361 e. The average molecular weight is 346 g/mol. The highest BCUT2D eigenvalue weighted by atomic mass is 32.2. The molecule has 0 radical (unpaired) electrons. The van der Waals surface area contributed by atoms with Crippen molar-refractivity contribution in [3.63, 3.8) is 0 Å². The fourth-order valence-electron chi connectivity index (χ4n) is 3.63. The van der Waals surface area contributed by atoms with Crippen molar-refractivity contribution < 1.29 is 0 Å². The molecule has 0 aliphatic carbocycles. The van der Waals surface area contributed by atoms with E-state index >= 15 is 0 Å². The van der Waals surface area contributed by atoms with Gasteiger partial charge in [-0.1, -0.05) is 6.07 Å². The first-order chi connectivity index (χ1) is 11.2. The molecule has 4 rings (SSSR count). The van der Waals surface area contributed by atoms with Gasteiger partial charge in [-0.05, 0) is 62.0 Å². The highest BCUT2D eigenvalue weighted by molar-refractivity contribution is 7.98. The Kier molecular flexibility index (Phi) is 5.47. The number of hydrogen-bond donors (Lipinski definition) is 2. The molecule has 0 amide bonds. The van der Waals surface area contributed by atoms with E-state index in [1.54, 1.807) is 11.8 Å². The Hall–Kier alpha value is -1.22. The molecule has 3 heterocycles.